The fourth-order valence-electron chi connectivity index (χ4n) is 3.67. The lowest BCUT2D eigenvalue weighted by Gasteiger charge is -2.37. The van der Waals surface area contributed by atoms with Gasteiger partial charge in [-0.05, 0) is 18.9 Å². The van der Waals surface area contributed by atoms with Crippen molar-refractivity contribution >= 4 is 11.5 Å². The fourth-order valence-corrected chi connectivity index (χ4v) is 3.67. The van der Waals surface area contributed by atoms with Crippen LogP contribution in [0.4, 0.5) is 19.0 Å². The first-order valence-electron chi connectivity index (χ1n) is 9.72. The Morgan fingerprint density at radius 1 is 1.23 bits per heavy atom. The monoisotopic (exact) mass is 433 g/mol. The maximum absolute atomic E-state index is 12.8. The molecule has 0 spiro atoms. The molecule has 1 unspecified atom stereocenters. The quantitative estimate of drug-likeness (QED) is 0.463. The summed E-state index contributed by atoms with van der Waals surface area (Å²) >= 11 is 0. The van der Waals surface area contributed by atoms with Gasteiger partial charge in [0.2, 0.25) is 0 Å². The number of aromatic nitrogens is 5. The fraction of sp³-hybridized carbons (Fsp3) is 0.368. The van der Waals surface area contributed by atoms with Crippen LogP contribution in [-0.4, -0.2) is 54.7 Å². The molecule has 12 heteroatoms. The van der Waals surface area contributed by atoms with Gasteiger partial charge >= 0.3 is 6.18 Å². The molecule has 0 aromatic carbocycles. The van der Waals surface area contributed by atoms with Gasteiger partial charge in [-0.25, -0.2) is 20.8 Å². The smallest absolute Gasteiger partial charge is 0.394 e. The van der Waals surface area contributed by atoms with E-state index in [1.165, 1.54) is 29.2 Å². The molecular formula is C19H22F3N9. The van der Waals surface area contributed by atoms with Crippen LogP contribution in [0.1, 0.15) is 18.5 Å². The minimum atomic E-state index is -4.35. The van der Waals surface area contributed by atoms with Crippen molar-refractivity contribution in [2.45, 2.75) is 31.5 Å². The Morgan fingerprint density at radius 3 is 2.84 bits per heavy atom. The number of piperidine rings is 1. The molecule has 4 N–H and O–H groups in total. The zero-order valence-electron chi connectivity index (χ0n) is 16.6. The Labute approximate surface area is 176 Å². The first-order valence-corrected chi connectivity index (χ1v) is 9.72. The van der Waals surface area contributed by atoms with Gasteiger partial charge in [-0.15, -0.1) is 0 Å². The molecule has 0 saturated carbocycles. The third-order valence-electron chi connectivity index (χ3n) is 5.10. The highest BCUT2D eigenvalue weighted by atomic mass is 19.4. The van der Waals surface area contributed by atoms with Crippen molar-refractivity contribution in [3.05, 3.63) is 48.9 Å². The maximum atomic E-state index is 12.8. The SMILES string of the molecule is N/C=C\N(N)C1CCCN(c2ccnc(-c3cnc4cnc(CC(F)(F)F)cn34)n2)C1. The summed E-state index contributed by atoms with van der Waals surface area (Å²) in [6.07, 6.45) is 5.20. The summed E-state index contributed by atoms with van der Waals surface area (Å²) in [5.74, 6) is 7.11. The van der Waals surface area contributed by atoms with Crippen LogP contribution in [0.2, 0.25) is 0 Å². The van der Waals surface area contributed by atoms with Crippen LogP contribution in [0, 0.1) is 0 Å². The first kappa shape index (κ1) is 20.8. The highest BCUT2D eigenvalue weighted by Gasteiger charge is 2.29. The number of hydrogen-bond acceptors (Lipinski definition) is 8. The molecule has 9 nitrogen and oxygen atoms in total. The van der Waals surface area contributed by atoms with E-state index in [1.54, 1.807) is 23.5 Å². The molecule has 1 aliphatic heterocycles. The van der Waals surface area contributed by atoms with Gasteiger partial charge in [-0.3, -0.25) is 9.38 Å². The van der Waals surface area contributed by atoms with Crippen LogP contribution in [0.5, 0.6) is 0 Å². The molecule has 3 aromatic heterocycles. The van der Waals surface area contributed by atoms with Crippen molar-refractivity contribution in [3.8, 4) is 11.5 Å². The summed E-state index contributed by atoms with van der Waals surface area (Å²) in [6.45, 7) is 1.46. The van der Waals surface area contributed by atoms with Gasteiger partial charge < -0.3 is 15.6 Å². The van der Waals surface area contributed by atoms with Crippen LogP contribution >= 0.6 is 0 Å². The summed E-state index contributed by atoms with van der Waals surface area (Å²) in [7, 11) is 0. The molecule has 1 atom stereocenters. The van der Waals surface area contributed by atoms with Crippen LogP contribution in [-0.2, 0) is 6.42 Å². The standard InChI is InChI=1S/C19H22F3N9/c20-19(21,22)8-13-11-30-15(9-27-17(30)10-26-13)18-25-5-3-16(28-18)29-6-1-2-14(12-29)31(24)7-4-23/h3-5,7,9-11,14H,1-2,6,8,12,23-24H2/b7-4-. The minimum Gasteiger partial charge on any atom is -0.403 e. The van der Waals surface area contributed by atoms with Crippen LogP contribution in [0.3, 0.4) is 0 Å². The van der Waals surface area contributed by atoms with E-state index in [0.29, 0.717) is 29.5 Å². The van der Waals surface area contributed by atoms with Crippen molar-refractivity contribution in [2.75, 3.05) is 18.0 Å². The summed E-state index contributed by atoms with van der Waals surface area (Å²) in [6, 6.07) is 1.88. The molecule has 3 aromatic rings. The van der Waals surface area contributed by atoms with Gasteiger partial charge in [0.25, 0.3) is 0 Å². The van der Waals surface area contributed by atoms with E-state index in [4.69, 9.17) is 11.6 Å². The molecule has 4 heterocycles. The Balaban J connectivity index is 1.62. The van der Waals surface area contributed by atoms with Crippen molar-refractivity contribution < 1.29 is 13.2 Å². The molecule has 0 bridgehead atoms. The van der Waals surface area contributed by atoms with Gasteiger partial charge in [0.1, 0.15) is 11.5 Å². The zero-order chi connectivity index (χ0) is 22.0. The summed E-state index contributed by atoms with van der Waals surface area (Å²) in [4.78, 5) is 19.1. The van der Waals surface area contributed by atoms with E-state index in [2.05, 4.69) is 24.8 Å². The number of anilines is 1. The Bertz CT molecular complexity index is 1080. The van der Waals surface area contributed by atoms with Gasteiger partial charge in [0.05, 0.1) is 30.6 Å². The average molecular weight is 433 g/mol. The second-order valence-electron chi connectivity index (χ2n) is 7.31. The maximum Gasteiger partial charge on any atom is 0.394 e. The first-order chi connectivity index (χ1) is 14.8. The van der Waals surface area contributed by atoms with Gasteiger partial charge in [-0.1, -0.05) is 0 Å². The lowest BCUT2D eigenvalue weighted by Crippen LogP contribution is -2.49. The van der Waals surface area contributed by atoms with Gasteiger partial charge in [-0.2, -0.15) is 13.2 Å². The lowest BCUT2D eigenvalue weighted by atomic mass is 10.1. The number of hydrogen-bond donors (Lipinski definition) is 2. The Hall–Kier alpha value is -3.41. The van der Waals surface area contributed by atoms with E-state index in [1.807, 2.05) is 0 Å². The minimum absolute atomic E-state index is 0.0822. The topological polar surface area (TPSA) is 114 Å². The molecule has 0 amide bonds. The largest absolute Gasteiger partial charge is 0.403 e. The summed E-state index contributed by atoms with van der Waals surface area (Å²) in [5.41, 5.74) is 6.23. The third-order valence-corrected chi connectivity index (χ3v) is 5.10. The van der Waals surface area contributed by atoms with E-state index in [0.717, 1.165) is 19.4 Å². The number of nitrogens with zero attached hydrogens (tertiary/aromatic N) is 7. The molecule has 0 aliphatic carbocycles. The number of alkyl halides is 3. The van der Waals surface area contributed by atoms with Crippen molar-refractivity contribution in [1.29, 1.82) is 0 Å². The highest BCUT2D eigenvalue weighted by molar-refractivity contribution is 5.58. The van der Waals surface area contributed by atoms with Gasteiger partial charge in [0, 0.05) is 37.9 Å². The molecule has 31 heavy (non-hydrogen) atoms. The van der Waals surface area contributed by atoms with Crippen molar-refractivity contribution in [1.82, 2.24) is 29.3 Å². The Kier molecular flexibility index (Phi) is 5.63. The predicted octanol–water partition coefficient (Wildman–Crippen LogP) is 1.87. The molecule has 1 saturated heterocycles. The van der Waals surface area contributed by atoms with Crippen LogP contribution < -0.4 is 16.5 Å². The van der Waals surface area contributed by atoms with E-state index in [-0.39, 0.29) is 11.7 Å². The second kappa shape index (κ2) is 8.38. The Morgan fingerprint density at radius 2 is 2.06 bits per heavy atom. The normalized spacial score (nSPS) is 17.5. The van der Waals surface area contributed by atoms with Gasteiger partial charge in [0.15, 0.2) is 11.5 Å². The highest BCUT2D eigenvalue weighted by Crippen LogP contribution is 2.25. The van der Waals surface area contributed by atoms with Crippen molar-refractivity contribution in [3.63, 3.8) is 0 Å². The molecule has 164 valence electrons. The number of rotatable bonds is 5. The number of imidazole rings is 1. The van der Waals surface area contributed by atoms with E-state index >= 15 is 0 Å². The predicted molar refractivity (Wildman–Crippen MR) is 108 cm³/mol. The number of hydrazine groups is 1. The number of fused-ring (bicyclic) bond motifs is 1. The van der Waals surface area contributed by atoms with E-state index < -0.39 is 12.6 Å². The average Bonchev–Trinajstić information content (AvgIpc) is 3.16. The van der Waals surface area contributed by atoms with Crippen LogP contribution in [0.15, 0.2) is 43.3 Å². The van der Waals surface area contributed by atoms with E-state index in [9.17, 15) is 13.2 Å². The number of halogens is 3. The number of nitrogens with two attached hydrogens (primary N) is 2. The third kappa shape index (κ3) is 4.68. The lowest BCUT2D eigenvalue weighted by molar-refractivity contribution is -0.127. The molecule has 1 aliphatic rings. The summed E-state index contributed by atoms with van der Waals surface area (Å²) < 4.78 is 39.8. The molecule has 4 rings (SSSR count). The second-order valence-corrected chi connectivity index (χ2v) is 7.31. The van der Waals surface area contributed by atoms with Crippen LogP contribution in [0.25, 0.3) is 17.2 Å². The van der Waals surface area contributed by atoms with Crippen molar-refractivity contribution in [2.24, 2.45) is 11.6 Å². The zero-order valence-corrected chi connectivity index (χ0v) is 16.6. The molecule has 0 radical (unpaired) electrons. The summed E-state index contributed by atoms with van der Waals surface area (Å²) in [5, 5.41) is 1.59. The molecular weight excluding hydrogens is 411 g/mol. The molecule has 1 fully saturated rings.